The quantitative estimate of drug-likeness (QED) is 0.436. The van der Waals surface area contributed by atoms with Gasteiger partial charge in [-0.3, -0.25) is 4.99 Å². The lowest BCUT2D eigenvalue weighted by Gasteiger charge is -2.13. The van der Waals surface area contributed by atoms with E-state index in [0.717, 1.165) is 58.1 Å². The second-order valence-corrected chi connectivity index (χ2v) is 5.87. The van der Waals surface area contributed by atoms with Crippen LogP contribution in [0.5, 0.6) is 0 Å². The average molecular weight is 319 g/mol. The van der Waals surface area contributed by atoms with Crippen LogP contribution in [-0.2, 0) is 15.9 Å². The van der Waals surface area contributed by atoms with Crippen molar-refractivity contribution in [2.45, 2.75) is 32.3 Å². The summed E-state index contributed by atoms with van der Waals surface area (Å²) in [5, 5.41) is 6.67. The summed E-state index contributed by atoms with van der Waals surface area (Å²) >= 11 is 0. The van der Waals surface area contributed by atoms with Crippen molar-refractivity contribution >= 4 is 5.96 Å². The summed E-state index contributed by atoms with van der Waals surface area (Å²) in [6, 6.07) is 8.61. The highest BCUT2D eigenvalue weighted by molar-refractivity contribution is 5.79. The van der Waals surface area contributed by atoms with Crippen molar-refractivity contribution in [2.24, 2.45) is 4.99 Å². The number of nitrogens with zero attached hydrogens (tertiary/aromatic N) is 1. The molecule has 1 saturated heterocycles. The fraction of sp³-hybridized carbons (Fsp3) is 0.611. The van der Waals surface area contributed by atoms with E-state index in [4.69, 9.17) is 9.47 Å². The smallest absolute Gasteiger partial charge is 0.190 e. The molecule has 1 atom stereocenters. The third-order valence-corrected chi connectivity index (χ3v) is 3.87. The largest absolute Gasteiger partial charge is 0.379 e. The van der Waals surface area contributed by atoms with Crippen LogP contribution in [0.25, 0.3) is 0 Å². The molecule has 1 heterocycles. The van der Waals surface area contributed by atoms with Crippen LogP contribution >= 0.6 is 0 Å². The molecule has 0 radical (unpaired) electrons. The molecule has 1 aliphatic heterocycles. The number of guanidine groups is 1. The van der Waals surface area contributed by atoms with Gasteiger partial charge in [0, 0.05) is 33.4 Å². The number of ether oxygens (including phenoxy) is 2. The van der Waals surface area contributed by atoms with Crippen molar-refractivity contribution in [3.05, 3.63) is 35.4 Å². The molecule has 23 heavy (non-hydrogen) atoms. The summed E-state index contributed by atoms with van der Waals surface area (Å²) in [5.41, 5.74) is 2.65. The Kier molecular flexibility index (Phi) is 7.90. The minimum Gasteiger partial charge on any atom is -0.379 e. The van der Waals surface area contributed by atoms with Gasteiger partial charge < -0.3 is 20.1 Å². The lowest BCUT2D eigenvalue weighted by molar-refractivity contribution is 0.0420. The summed E-state index contributed by atoms with van der Waals surface area (Å²) in [5.74, 6) is 0.849. The van der Waals surface area contributed by atoms with Gasteiger partial charge >= 0.3 is 0 Å². The Bertz CT molecular complexity index is 485. The molecule has 0 aromatic heterocycles. The number of nitrogens with one attached hydrogen (secondary N) is 2. The van der Waals surface area contributed by atoms with Gasteiger partial charge in [0.2, 0.25) is 0 Å². The number of aryl methyl sites for hydroxylation is 1. The van der Waals surface area contributed by atoms with Crippen molar-refractivity contribution in [3.8, 4) is 0 Å². The first-order chi connectivity index (χ1) is 11.3. The highest BCUT2D eigenvalue weighted by Gasteiger charge is 2.15. The van der Waals surface area contributed by atoms with E-state index in [9.17, 15) is 0 Å². The summed E-state index contributed by atoms with van der Waals surface area (Å²) in [7, 11) is 1.80. The predicted molar refractivity (Wildman–Crippen MR) is 94.0 cm³/mol. The van der Waals surface area contributed by atoms with E-state index >= 15 is 0 Å². The lowest BCUT2D eigenvalue weighted by atomic mass is 10.1. The standard InChI is InChI=1S/C18H29N3O2/c1-15-5-3-6-16(13-15)7-10-21-18(19-2)20-9-4-11-23-17-8-12-22-14-17/h3,5-6,13,17H,4,7-12,14H2,1-2H3,(H2,19,20,21). The van der Waals surface area contributed by atoms with Crippen molar-refractivity contribution in [1.82, 2.24) is 10.6 Å². The molecule has 2 rings (SSSR count). The van der Waals surface area contributed by atoms with Crippen LogP contribution in [0.1, 0.15) is 24.0 Å². The maximum absolute atomic E-state index is 5.74. The Morgan fingerprint density at radius 1 is 1.35 bits per heavy atom. The highest BCUT2D eigenvalue weighted by atomic mass is 16.5. The van der Waals surface area contributed by atoms with Crippen LogP contribution in [0.3, 0.4) is 0 Å². The van der Waals surface area contributed by atoms with Gasteiger partial charge in [-0.15, -0.1) is 0 Å². The monoisotopic (exact) mass is 319 g/mol. The van der Waals surface area contributed by atoms with E-state index in [1.54, 1.807) is 7.05 Å². The van der Waals surface area contributed by atoms with Crippen LogP contribution in [0, 0.1) is 6.92 Å². The second-order valence-electron chi connectivity index (χ2n) is 5.87. The first-order valence-corrected chi connectivity index (χ1v) is 8.47. The van der Waals surface area contributed by atoms with Crippen molar-refractivity contribution in [1.29, 1.82) is 0 Å². The summed E-state index contributed by atoms with van der Waals surface area (Å²) in [4.78, 5) is 4.25. The van der Waals surface area contributed by atoms with Crippen LogP contribution in [0.4, 0.5) is 0 Å². The van der Waals surface area contributed by atoms with Gasteiger partial charge in [-0.2, -0.15) is 0 Å². The van der Waals surface area contributed by atoms with Gasteiger partial charge in [0.15, 0.2) is 5.96 Å². The first kappa shape index (κ1) is 17.8. The SMILES string of the molecule is CN=C(NCCCOC1CCOC1)NCCc1cccc(C)c1. The molecule has 1 aliphatic rings. The Hall–Kier alpha value is -1.59. The highest BCUT2D eigenvalue weighted by Crippen LogP contribution is 2.07. The Morgan fingerprint density at radius 3 is 2.96 bits per heavy atom. The fourth-order valence-corrected chi connectivity index (χ4v) is 2.59. The van der Waals surface area contributed by atoms with Gasteiger partial charge in [0.25, 0.3) is 0 Å². The van der Waals surface area contributed by atoms with Crippen molar-refractivity contribution in [2.75, 3.05) is 40.0 Å². The molecule has 0 saturated carbocycles. The normalized spacial score (nSPS) is 18.2. The zero-order valence-corrected chi connectivity index (χ0v) is 14.3. The second kappa shape index (κ2) is 10.2. The van der Waals surface area contributed by atoms with Crippen LogP contribution in [-0.4, -0.2) is 52.0 Å². The molecule has 5 nitrogen and oxygen atoms in total. The van der Waals surface area contributed by atoms with E-state index in [1.807, 2.05) is 0 Å². The molecule has 1 fully saturated rings. The van der Waals surface area contributed by atoms with E-state index in [2.05, 4.69) is 46.8 Å². The Balaban J connectivity index is 1.54. The maximum atomic E-state index is 5.74. The molecule has 1 unspecified atom stereocenters. The molecule has 1 aromatic carbocycles. The van der Waals surface area contributed by atoms with Gasteiger partial charge in [-0.25, -0.2) is 0 Å². The first-order valence-electron chi connectivity index (χ1n) is 8.47. The van der Waals surface area contributed by atoms with Gasteiger partial charge in [0.05, 0.1) is 12.7 Å². The van der Waals surface area contributed by atoms with E-state index < -0.39 is 0 Å². The van der Waals surface area contributed by atoms with Gasteiger partial charge in [0.1, 0.15) is 0 Å². The number of hydrogen-bond donors (Lipinski definition) is 2. The van der Waals surface area contributed by atoms with Gasteiger partial charge in [-0.05, 0) is 31.7 Å². The predicted octanol–water partition coefficient (Wildman–Crippen LogP) is 1.90. The van der Waals surface area contributed by atoms with Crippen molar-refractivity contribution in [3.63, 3.8) is 0 Å². The van der Waals surface area contributed by atoms with Crippen LogP contribution in [0.2, 0.25) is 0 Å². The molecule has 1 aromatic rings. The molecule has 0 aliphatic carbocycles. The minimum atomic E-state index is 0.293. The fourth-order valence-electron chi connectivity index (χ4n) is 2.59. The molecule has 0 spiro atoms. The molecule has 0 amide bonds. The lowest BCUT2D eigenvalue weighted by Crippen LogP contribution is -2.39. The summed E-state index contributed by atoms with van der Waals surface area (Å²) in [6.07, 6.45) is 3.28. The van der Waals surface area contributed by atoms with Crippen LogP contribution < -0.4 is 10.6 Å². The molecular weight excluding hydrogens is 290 g/mol. The third kappa shape index (κ3) is 7.01. The average Bonchev–Trinajstić information content (AvgIpc) is 3.06. The van der Waals surface area contributed by atoms with E-state index in [-0.39, 0.29) is 0 Å². The number of benzene rings is 1. The minimum absolute atomic E-state index is 0.293. The summed E-state index contributed by atoms with van der Waals surface area (Å²) in [6.45, 7) is 6.20. The zero-order chi connectivity index (χ0) is 16.3. The third-order valence-electron chi connectivity index (χ3n) is 3.87. The maximum Gasteiger partial charge on any atom is 0.190 e. The Morgan fingerprint density at radius 2 is 2.22 bits per heavy atom. The molecule has 5 heteroatoms. The van der Waals surface area contributed by atoms with E-state index in [1.165, 1.54) is 11.1 Å². The van der Waals surface area contributed by atoms with Gasteiger partial charge in [-0.1, -0.05) is 29.8 Å². The Labute approximate surface area is 139 Å². The zero-order valence-electron chi connectivity index (χ0n) is 14.3. The molecule has 128 valence electrons. The molecule has 2 N–H and O–H groups in total. The molecular formula is C18H29N3O2. The number of hydrogen-bond acceptors (Lipinski definition) is 3. The number of aliphatic imine (C=N–C) groups is 1. The van der Waals surface area contributed by atoms with E-state index in [0.29, 0.717) is 6.10 Å². The molecule has 0 bridgehead atoms. The van der Waals surface area contributed by atoms with Crippen molar-refractivity contribution < 1.29 is 9.47 Å². The number of rotatable bonds is 8. The topological polar surface area (TPSA) is 54.9 Å². The van der Waals surface area contributed by atoms with Crippen LogP contribution in [0.15, 0.2) is 29.3 Å². The summed E-state index contributed by atoms with van der Waals surface area (Å²) < 4.78 is 11.0.